The largest absolute Gasteiger partial charge is 0.384 e. The van der Waals surface area contributed by atoms with Gasteiger partial charge in [0, 0.05) is 11.8 Å². The molecule has 2 aromatic rings. The highest BCUT2D eigenvalue weighted by Gasteiger charge is 2.14. The summed E-state index contributed by atoms with van der Waals surface area (Å²) in [5.41, 5.74) is 0.394. The molecule has 1 heterocycles. The lowest BCUT2D eigenvalue weighted by molar-refractivity contribution is 0.214. The molecule has 4 heteroatoms. The Balaban J connectivity index is 2.39. The Bertz CT molecular complexity index is 502. The third kappa shape index (κ3) is 2.06. The second-order valence-electron chi connectivity index (χ2n) is 3.35. The highest BCUT2D eigenvalue weighted by atomic mass is 19.1. The van der Waals surface area contributed by atoms with E-state index in [1.807, 2.05) is 0 Å². The second kappa shape index (κ2) is 4.37. The Morgan fingerprint density at radius 2 is 2.00 bits per heavy atom. The molecule has 1 atom stereocenters. The van der Waals surface area contributed by atoms with E-state index >= 15 is 0 Å². The number of benzene rings is 1. The van der Waals surface area contributed by atoms with Crippen LogP contribution in [0.15, 0.2) is 42.7 Å². The highest BCUT2D eigenvalue weighted by molar-refractivity contribution is 5.29. The number of pyridine rings is 1. The van der Waals surface area contributed by atoms with Crippen molar-refractivity contribution in [2.45, 2.75) is 6.10 Å². The average molecular weight is 221 g/mol. The van der Waals surface area contributed by atoms with Crippen LogP contribution in [0, 0.1) is 11.6 Å². The molecule has 0 aliphatic rings. The molecule has 0 fully saturated rings. The summed E-state index contributed by atoms with van der Waals surface area (Å²) >= 11 is 0. The number of nitrogens with zero attached hydrogens (tertiary/aromatic N) is 1. The van der Waals surface area contributed by atoms with Crippen LogP contribution in [0.4, 0.5) is 8.78 Å². The normalized spacial score (nSPS) is 12.4. The van der Waals surface area contributed by atoms with Crippen LogP contribution >= 0.6 is 0 Å². The zero-order valence-corrected chi connectivity index (χ0v) is 8.27. The average Bonchev–Trinajstić information content (AvgIpc) is 2.29. The Morgan fingerprint density at radius 1 is 1.19 bits per heavy atom. The van der Waals surface area contributed by atoms with E-state index in [2.05, 4.69) is 4.98 Å². The van der Waals surface area contributed by atoms with E-state index < -0.39 is 17.7 Å². The van der Waals surface area contributed by atoms with Crippen LogP contribution in [0.25, 0.3) is 0 Å². The first-order valence-corrected chi connectivity index (χ1v) is 4.71. The summed E-state index contributed by atoms with van der Waals surface area (Å²) in [6.45, 7) is 0. The van der Waals surface area contributed by atoms with E-state index in [1.54, 1.807) is 0 Å². The maximum atomic E-state index is 13.3. The predicted molar refractivity (Wildman–Crippen MR) is 54.7 cm³/mol. The van der Waals surface area contributed by atoms with E-state index in [4.69, 9.17) is 0 Å². The van der Waals surface area contributed by atoms with Crippen molar-refractivity contribution in [1.29, 1.82) is 0 Å². The third-order valence-corrected chi connectivity index (χ3v) is 2.26. The second-order valence-corrected chi connectivity index (χ2v) is 3.35. The molecule has 0 aliphatic carbocycles. The quantitative estimate of drug-likeness (QED) is 0.844. The molecule has 0 amide bonds. The molecule has 0 radical (unpaired) electrons. The van der Waals surface area contributed by atoms with E-state index in [0.29, 0.717) is 5.56 Å². The molecule has 1 unspecified atom stereocenters. The molecule has 16 heavy (non-hydrogen) atoms. The van der Waals surface area contributed by atoms with E-state index in [1.165, 1.54) is 36.5 Å². The molecule has 1 aromatic carbocycles. The Hall–Kier alpha value is -1.81. The lowest BCUT2D eigenvalue weighted by Crippen LogP contribution is -2.03. The zero-order chi connectivity index (χ0) is 11.5. The third-order valence-electron chi connectivity index (χ3n) is 2.26. The van der Waals surface area contributed by atoms with Gasteiger partial charge >= 0.3 is 0 Å². The van der Waals surface area contributed by atoms with Gasteiger partial charge in [0.15, 0.2) is 0 Å². The number of halogens is 2. The Kier molecular flexibility index (Phi) is 2.92. The SMILES string of the molecule is OC(c1cccc(F)c1)c1ccncc1F. The van der Waals surface area contributed by atoms with Gasteiger partial charge in [0.25, 0.3) is 0 Å². The fraction of sp³-hybridized carbons (Fsp3) is 0.0833. The summed E-state index contributed by atoms with van der Waals surface area (Å²) in [6, 6.07) is 6.80. The van der Waals surface area contributed by atoms with Crippen molar-refractivity contribution in [3.8, 4) is 0 Å². The first kappa shape index (κ1) is 10.7. The highest BCUT2D eigenvalue weighted by Crippen LogP contribution is 2.23. The van der Waals surface area contributed by atoms with Gasteiger partial charge in [-0.3, -0.25) is 4.98 Å². The number of aromatic nitrogens is 1. The molecule has 0 aliphatic heterocycles. The minimum absolute atomic E-state index is 0.0839. The molecule has 2 nitrogen and oxygen atoms in total. The van der Waals surface area contributed by atoms with Gasteiger partial charge in [-0.1, -0.05) is 12.1 Å². The van der Waals surface area contributed by atoms with Gasteiger partial charge in [-0.05, 0) is 23.8 Å². The lowest BCUT2D eigenvalue weighted by Gasteiger charge is -2.11. The lowest BCUT2D eigenvalue weighted by atomic mass is 10.0. The molecular formula is C12H9F2NO. The van der Waals surface area contributed by atoms with Gasteiger partial charge in [-0.15, -0.1) is 0 Å². The van der Waals surface area contributed by atoms with Gasteiger partial charge in [0.2, 0.25) is 0 Å². The fourth-order valence-electron chi connectivity index (χ4n) is 1.46. The van der Waals surface area contributed by atoms with E-state index in [0.717, 1.165) is 6.20 Å². The van der Waals surface area contributed by atoms with Gasteiger partial charge in [0.1, 0.15) is 17.7 Å². The van der Waals surface area contributed by atoms with Gasteiger partial charge in [-0.2, -0.15) is 0 Å². The monoisotopic (exact) mass is 221 g/mol. The van der Waals surface area contributed by atoms with Crippen LogP contribution in [-0.2, 0) is 0 Å². The number of rotatable bonds is 2. The van der Waals surface area contributed by atoms with Crippen LogP contribution in [0.1, 0.15) is 17.2 Å². The van der Waals surface area contributed by atoms with Crippen LogP contribution in [0.2, 0.25) is 0 Å². The van der Waals surface area contributed by atoms with E-state index in [9.17, 15) is 13.9 Å². The summed E-state index contributed by atoms with van der Waals surface area (Å²) in [4.78, 5) is 3.58. The standard InChI is InChI=1S/C12H9F2NO/c13-9-3-1-2-8(6-9)12(16)10-4-5-15-7-11(10)14/h1-7,12,16H. The smallest absolute Gasteiger partial charge is 0.147 e. The molecule has 2 rings (SSSR count). The minimum Gasteiger partial charge on any atom is -0.384 e. The summed E-state index contributed by atoms with van der Waals surface area (Å²) in [6.07, 6.45) is 1.21. The number of hydrogen-bond acceptors (Lipinski definition) is 2. The molecule has 82 valence electrons. The van der Waals surface area contributed by atoms with Gasteiger partial charge in [0.05, 0.1) is 6.20 Å². The van der Waals surface area contributed by atoms with Crippen molar-refractivity contribution < 1.29 is 13.9 Å². The summed E-state index contributed by atoms with van der Waals surface area (Å²) < 4.78 is 26.2. The van der Waals surface area contributed by atoms with Crippen LogP contribution in [-0.4, -0.2) is 10.1 Å². The molecule has 0 saturated carbocycles. The maximum Gasteiger partial charge on any atom is 0.147 e. The minimum atomic E-state index is -1.18. The summed E-state index contributed by atoms with van der Waals surface area (Å²) in [7, 11) is 0. The topological polar surface area (TPSA) is 33.1 Å². The molecule has 1 N–H and O–H groups in total. The van der Waals surface area contributed by atoms with Crippen molar-refractivity contribution in [3.63, 3.8) is 0 Å². The Morgan fingerprint density at radius 3 is 2.69 bits per heavy atom. The molecule has 0 saturated heterocycles. The van der Waals surface area contributed by atoms with Gasteiger partial charge in [-0.25, -0.2) is 8.78 Å². The van der Waals surface area contributed by atoms with Crippen molar-refractivity contribution in [1.82, 2.24) is 4.98 Å². The molecule has 1 aromatic heterocycles. The van der Waals surface area contributed by atoms with Crippen LogP contribution < -0.4 is 0 Å². The van der Waals surface area contributed by atoms with Crippen molar-refractivity contribution in [3.05, 3.63) is 65.5 Å². The van der Waals surface area contributed by atoms with Crippen molar-refractivity contribution >= 4 is 0 Å². The van der Waals surface area contributed by atoms with Crippen LogP contribution in [0.3, 0.4) is 0 Å². The van der Waals surface area contributed by atoms with E-state index in [-0.39, 0.29) is 5.56 Å². The fourth-order valence-corrected chi connectivity index (χ4v) is 1.46. The van der Waals surface area contributed by atoms with Crippen molar-refractivity contribution in [2.75, 3.05) is 0 Å². The van der Waals surface area contributed by atoms with Gasteiger partial charge < -0.3 is 5.11 Å². The first-order chi connectivity index (χ1) is 7.68. The zero-order valence-electron chi connectivity index (χ0n) is 8.27. The summed E-state index contributed by atoms with van der Waals surface area (Å²) in [5.74, 6) is -1.08. The predicted octanol–water partition coefficient (Wildman–Crippen LogP) is 2.44. The van der Waals surface area contributed by atoms with Crippen LogP contribution in [0.5, 0.6) is 0 Å². The molecular weight excluding hydrogens is 212 g/mol. The summed E-state index contributed by atoms with van der Waals surface area (Å²) in [5, 5.41) is 9.86. The number of aliphatic hydroxyl groups excluding tert-OH is 1. The molecule has 0 bridgehead atoms. The number of aliphatic hydroxyl groups is 1. The maximum absolute atomic E-state index is 13.3. The number of hydrogen-bond donors (Lipinski definition) is 1. The molecule has 0 spiro atoms. The first-order valence-electron chi connectivity index (χ1n) is 4.71. The Labute approximate surface area is 91.2 Å². The van der Waals surface area contributed by atoms with Crippen molar-refractivity contribution in [2.24, 2.45) is 0 Å².